The van der Waals surface area contributed by atoms with Gasteiger partial charge in [0.1, 0.15) is 17.9 Å². The molecule has 0 aliphatic carbocycles. The van der Waals surface area contributed by atoms with Crippen molar-refractivity contribution in [3.8, 4) is 5.75 Å². The zero-order valence-electron chi connectivity index (χ0n) is 15.3. The van der Waals surface area contributed by atoms with Gasteiger partial charge < -0.3 is 19.9 Å². The summed E-state index contributed by atoms with van der Waals surface area (Å²) in [6, 6.07) is 8.23. The van der Waals surface area contributed by atoms with Gasteiger partial charge in [0.2, 0.25) is 0 Å². The highest BCUT2D eigenvalue weighted by Crippen LogP contribution is 2.25. The number of nitrogens with two attached hydrogens (primary N) is 1. The van der Waals surface area contributed by atoms with Crippen molar-refractivity contribution >= 4 is 5.97 Å². The maximum Gasteiger partial charge on any atom is 0.389 e. The molecule has 152 valence electrons. The molecule has 0 unspecified atom stereocenters. The molecule has 4 atom stereocenters. The van der Waals surface area contributed by atoms with Crippen LogP contribution in [0.15, 0.2) is 30.3 Å². The van der Waals surface area contributed by atoms with Crippen LogP contribution in [-0.4, -0.2) is 43.1 Å². The molecule has 2 rings (SSSR count). The fourth-order valence-electron chi connectivity index (χ4n) is 2.97. The fraction of sp³-hybridized carbons (Fsp3) is 0.632. The van der Waals surface area contributed by atoms with Gasteiger partial charge in [-0.1, -0.05) is 18.2 Å². The Hall–Kier alpha value is -1.80. The largest absolute Gasteiger partial charge is 0.484 e. The second-order valence-electron chi connectivity index (χ2n) is 6.70. The van der Waals surface area contributed by atoms with Crippen molar-refractivity contribution in [2.75, 3.05) is 6.61 Å². The van der Waals surface area contributed by atoms with Gasteiger partial charge in [-0.3, -0.25) is 4.79 Å². The Kier molecular flexibility index (Phi) is 7.91. The van der Waals surface area contributed by atoms with E-state index in [4.69, 9.17) is 19.9 Å². The summed E-state index contributed by atoms with van der Waals surface area (Å²) in [4.78, 5) is 12.0. The van der Waals surface area contributed by atoms with Crippen molar-refractivity contribution in [1.82, 2.24) is 0 Å². The van der Waals surface area contributed by atoms with Crippen molar-refractivity contribution in [2.24, 2.45) is 5.73 Å². The molecule has 1 heterocycles. The molecule has 2 N–H and O–H groups in total. The van der Waals surface area contributed by atoms with Crippen molar-refractivity contribution in [3.05, 3.63) is 30.3 Å². The average Bonchev–Trinajstić information content (AvgIpc) is 2.65. The highest BCUT2D eigenvalue weighted by molar-refractivity contribution is 5.75. The lowest BCUT2D eigenvalue weighted by molar-refractivity contribution is -0.160. The number of para-hydroxylation sites is 1. The lowest BCUT2D eigenvalue weighted by atomic mass is 10.0. The Morgan fingerprint density at radius 2 is 1.93 bits per heavy atom. The number of hydrogen-bond acceptors (Lipinski definition) is 5. The molecule has 0 amide bonds. The Morgan fingerprint density at radius 3 is 2.59 bits per heavy atom. The first-order valence-electron chi connectivity index (χ1n) is 9.12. The van der Waals surface area contributed by atoms with Gasteiger partial charge in [0, 0.05) is 13.0 Å². The number of rotatable bonds is 6. The first kappa shape index (κ1) is 21.5. The first-order valence-corrected chi connectivity index (χ1v) is 9.12. The van der Waals surface area contributed by atoms with Crippen molar-refractivity contribution < 1.29 is 32.2 Å². The van der Waals surface area contributed by atoms with Gasteiger partial charge in [0.25, 0.3) is 0 Å². The maximum absolute atomic E-state index is 12.4. The van der Waals surface area contributed by atoms with E-state index in [1.165, 1.54) is 0 Å². The van der Waals surface area contributed by atoms with E-state index >= 15 is 0 Å². The lowest BCUT2D eigenvalue weighted by Gasteiger charge is -2.31. The smallest absolute Gasteiger partial charge is 0.389 e. The van der Waals surface area contributed by atoms with Gasteiger partial charge in [-0.2, -0.15) is 13.2 Å². The van der Waals surface area contributed by atoms with Gasteiger partial charge in [0.05, 0.1) is 6.10 Å². The molecule has 5 nitrogen and oxygen atoms in total. The molecule has 1 aliphatic heterocycles. The Morgan fingerprint density at radius 1 is 1.22 bits per heavy atom. The van der Waals surface area contributed by atoms with E-state index in [1.807, 2.05) is 6.07 Å². The van der Waals surface area contributed by atoms with E-state index in [-0.39, 0.29) is 13.0 Å². The average molecular weight is 389 g/mol. The molecule has 8 heteroatoms. The van der Waals surface area contributed by atoms with E-state index in [0.717, 1.165) is 0 Å². The van der Waals surface area contributed by atoms with Crippen LogP contribution >= 0.6 is 0 Å². The van der Waals surface area contributed by atoms with E-state index in [9.17, 15) is 18.0 Å². The van der Waals surface area contributed by atoms with Crippen molar-refractivity contribution in [3.63, 3.8) is 0 Å². The molecule has 0 radical (unpaired) electrons. The molecule has 0 spiro atoms. The molecule has 27 heavy (non-hydrogen) atoms. The first-order chi connectivity index (χ1) is 12.8. The van der Waals surface area contributed by atoms with E-state index in [1.54, 1.807) is 31.2 Å². The molecule has 1 aromatic rings. The molecule has 1 aliphatic rings. The topological polar surface area (TPSA) is 70.8 Å². The summed E-state index contributed by atoms with van der Waals surface area (Å²) in [6.07, 6.45) is -5.54. The van der Waals surface area contributed by atoms with Gasteiger partial charge in [-0.05, 0) is 44.7 Å². The normalized spacial score (nSPS) is 27.2. The minimum Gasteiger partial charge on any atom is -0.484 e. The van der Waals surface area contributed by atoms with Gasteiger partial charge in [-0.15, -0.1) is 0 Å². The highest BCUT2D eigenvalue weighted by atomic mass is 19.4. The molecule has 1 fully saturated rings. The van der Waals surface area contributed by atoms with Crippen LogP contribution in [0.3, 0.4) is 0 Å². The van der Waals surface area contributed by atoms with Gasteiger partial charge in [0.15, 0.2) is 6.10 Å². The van der Waals surface area contributed by atoms with Crippen LogP contribution in [0.4, 0.5) is 13.2 Å². The van der Waals surface area contributed by atoms with Crippen LogP contribution in [0.1, 0.15) is 39.0 Å². The SMILES string of the molecule is C[C@@H]1OC(=O)[C@@H](N)CCC[C@H](OCCCC(F)(F)F)[C@H]1Oc1ccccc1. The fourth-order valence-corrected chi connectivity index (χ4v) is 2.97. The van der Waals surface area contributed by atoms with Crippen LogP contribution in [0, 0.1) is 0 Å². The number of carbonyl (C=O) groups is 1. The van der Waals surface area contributed by atoms with Crippen LogP contribution in [0.2, 0.25) is 0 Å². The summed E-state index contributed by atoms with van der Waals surface area (Å²) in [7, 11) is 0. The lowest BCUT2D eigenvalue weighted by Crippen LogP contribution is -2.45. The van der Waals surface area contributed by atoms with Crippen molar-refractivity contribution in [2.45, 2.75) is 69.6 Å². The van der Waals surface area contributed by atoms with Gasteiger partial charge >= 0.3 is 12.1 Å². The van der Waals surface area contributed by atoms with Crippen LogP contribution in [0.25, 0.3) is 0 Å². The molecular formula is C19H26F3NO4. The minimum absolute atomic E-state index is 0.0501. The summed E-state index contributed by atoms with van der Waals surface area (Å²) in [5, 5.41) is 0. The monoisotopic (exact) mass is 389 g/mol. The number of halogens is 3. The maximum atomic E-state index is 12.4. The van der Waals surface area contributed by atoms with E-state index in [0.29, 0.717) is 25.0 Å². The third-order valence-corrected chi connectivity index (χ3v) is 4.39. The predicted octanol–water partition coefficient (Wildman–Crippen LogP) is 3.60. The van der Waals surface area contributed by atoms with Crippen LogP contribution < -0.4 is 10.5 Å². The second-order valence-corrected chi connectivity index (χ2v) is 6.70. The standard InChI is InChI=1S/C19H26F3NO4/c1-13-17(27-14-7-3-2-4-8-14)16(25-12-6-11-19(20,21)22)10-5-9-15(23)18(24)26-13/h2-4,7-8,13,15-17H,5-6,9-12,23H2,1H3/t13-,15-,16-,17-/m0/s1. The quantitative estimate of drug-likeness (QED) is 0.595. The van der Waals surface area contributed by atoms with E-state index in [2.05, 4.69) is 0 Å². The molecule has 1 aromatic carbocycles. The Bertz CT molecular complexity index is 582. The van der Waals surface area contributed by atoms with Crippen LogP contribution in [-0.2, 0) is 14.3 Å². The summed E-state index contributed by atoms with van der Waals surface area (Å²) < 4.78 is 54.2. The number of esters is 1. The third-order valence-electron chi connectivity index (χ3n) is 4.39. The number of benzene rings is 1. The highest BCUT2D eigenvalue weighted by Gasteiger charge is 2.35. The number of ether oxygens (including phenoxy) is 3. The summed E-state index contributed by atoms with van der Waals surface area (Å²) >= 11 is 0. The molecule has 0 bridgehead atoms. The summed E-state index contributed by atoms with van der Waals surface area (Å²) in [6.45, 7) is 1.63. The third kappa shape index (κ3) is 7.38. The molecule has 0 aromatic heterocycles. The molecule has 1 saturated heterocycles. The van der Waals surface area contributed by atoms with Crippen LogP contribution in [0.5, 0.6) is 5.75 Å². The number of alkyl halides is 3. The summed E-state index contributed by atoms with van der Waals surface area (Å²) in [5.41, 5.74) is 5.81. The Balaban J connectivity index is 2.09. The minimum atomic E-state index is -4.21. The predicted molar refractivity (Wildman–Crippen MR) is 93.3 cm³/mol. The molecular weight excluding hydrogens is 363 g/mol. The number of cyclic esters (lactones) is 1. The zero-order valence-corrected chi connectivity index (χ0v) is 15.3. The second kappa shape index (κ2) is 9.94. The zero-order chi connectivity index (χ0) is 19.9. The van der Waals surface area contributed by atoms with Crippen molar-refractivity contribution in [1.29, 1.82) is 0 Å². The Labute approximate surface area is 157 Å². The van der Waals surface area contributed by atoms with E-state index < -0.39 is 42.9 Å². The molecule has 0 saturated carbocycles. The van der Waals surface area contributed by atoms with Gasteiger partial charge in [-0.25, -0.2) is 0 Å². The summed E-state index contributed by atoms with van der Waals surface area (Å²) in [5.74, 6) is 0.0553. The number of carbonyl (C=O) groups excluding carboxylic acids is 1. The number of hydrogen-bond donors (Lipinski definition) is 1.